The summed E-state index contributed by atoms with van der Waals surface area (Å²) in [4.78, 5) is 11.1. The number of carboxylic acids is 1. The molecule has 1 atom stereocenters. The van der Waals surface area contributed by atoms with Crippen LogP contribution in [-0.4, -0.2) is 31.3 Å². The van der Waals surface area contributed by atoms with E-state index in [9.17, 15) is 4.79 Å². The molecule has 0 saturated heterocycles. The largest absolute Gasteiger partial charge is 0.481 e. The van der Waals surface area contributed by atoms with Gasteiger partial charge in [0.15, 0.2) is 5.82 Å². The average molecular weight is 240 g/mol. The zero-order chi connectivity index (χ0) is 13.1. The predicted molar refractivity (Wildman–Crippen MR) is 62.4 cm³/mol. The van der Waals surface area contributed by atoms with Gasteiger partial charge in [0.05, 0.1) is 12.0 Å². The summed E-state index contributed by atoms with van der Waals surface area (Å²) >= 11 is 0. The van der Waals surface area contributed by atoms with E-state index in [-0.39, 0.29) is 0 Å². The SMILES string of the molecule is CCC(C)Cc1nnnn1CC(C)(C)C(=O)O. The Morgan fingerprint density at radius 1 is 1.53 bits per heavy atom. The number of rotatable bonds is 6. The molecule has 6 nitrogen and oxygen atoms in total. The summed E-state index contributed by atoms with van der Waals surface area (Å²) < 4.78 is 1.60. The van der Waals surface area contributed by atoms with Gasteiger partial charge in [-0.1, -0.05) is 20.3 Å². The van der Waals surface area contributed by atoms with E-state index >= 15 is 0 Å². The lowest BCUT2D eigenvalue weighted by Crippen LogP contribution is -2.30. The van der Waals surface area contributed by atoms with Crippen LogP contribution in [-0.2, 0) is 17.8 Å². The third-order valence-electron chi connectivity index (χ3n) is 2.96. The maximum atomic E-state index is 11.1. The molecule has 1 aromatic rings. The zero-order valence-electron chi connectivity index (χ0n) is 10.8. The fraction of sp³-hybridized carbons (Fsp3) is 0.818. The Kier molecular flexibility index (Phi) is 4.20. The maximum absolute atomic E-state index is 11.1. The molecule has 0 bridgehead atoms. The second kappa shape index (κ2) is 5.25. The second-order valence-corrected chi connectivity index (χ2v) is 5.16. The van der Waals surface area contributed by atoms with Crippen molar-refractivity contribution in [3.8, 4) is 0 Å². The Balaban J connectivity index is 2.79. The lowest BCUT2D eigenvalue weighted by atomic mass is 9.94. The summed E-state index contributed by atoms with van der Waals surface area (Å²) in [5.74, 6) is 0.406. The number of hydrogen-bond donors (Lipinski definition) is 1. The van der Waals surface area contributed by atoms with E-state index in [0.717, 1.165) is 18.7 Å². The molecular weight excluding hydrogens is 220 g/mol. The van der Waals surface area contributed by atoms with Crippen molar-refractivity contribution in [1.29, 1.82) is 0 Å². The lowest BCUT2D eigenvalue weighted by molar-refractivity contribution is -0.147. The topological polar surface area (TPSA) is 80.9 Å². The molecule has 17 heavy (non-hydrogen) atoms. The quantitative estimate of drug-likeness (QED) is 0.812. The lowest BCUT2D eigenvalue weighted by Gasteiger charge is -2.19. The Bertz CT molecular complexity index is 387. The Labute approximate surface area is 101 Å². The van der Waals surface area contributed by atoms with Gasteiger partial charge in [-0.3, -0.25) is 4.79 Å². The van der Waals surface area contributed by atoms with Crippen LogP contribution in [0.2, 0.25) is 0 Å². The number of aliphatic carboxylic acids is 1. The maximum Gasteiger partial charge on any atom is 0.310 e. The summed E-state index contributed by atoms with van der Waals surface area (Å²) in [7, 11) is 0. The van der Waals surface area contributed by atoms with E-state index in [1.54, 1.807) is 18.5 Å². The van der Waals surface area contributed by atoms with E-state index in [4.69, 9.17) is 5.11 Å². The molecule has 1 unspecified atom stereocenters. The number of carboxylic acid groups (broad SMARTS) is 1. The van der Waals surface area contributed by atoms with Crippen molar-refractivity contribution in [1.82, 2.24) is 20.2 Å². The van der Waals surface area contributed by atoms with Gasteiger partial charge in [0.2, 0.25) is 0 Å². The van der Waals surface area contributed by atoms with Crippen LogP contribution in [0.5, 0.6) is 0 Å². The fourth-order valence-corrected chi connectivity index (χ4v) is 1.39. The third-order valence-corrected chi connectivity index (χ3v) is 2.96. The fourth-order valence-electron chi connectivity index (χ4n) is 1.39. The minimum atomic E-state index is -0.862. The van der Waals surface area contributed by atoms with Crippen LogP contribution >= 0.6 is 0 Å². The third kappa shape index (κ3) is 3.51. The summed E-state index contributed by atoms with van der Waals surface area (Å²) in [5, 5.41) is 20.5. The molecule has 1 heterocycles. The van der Waals surface area contributed by atoms with Crippen LogP contribution in [0, 0.1) is 11.3 Å². The highest BCUT2D eigenvalue weighted by molar-refractivity contribution is 5.73. The number of nitrogens with zero attached hydrogens (tertiary/aromatic N) is 4. The normalized spacial score (nSPS) is 13.6. The summed E-state index contributed by atoms with van der Waals surface area (Å²) in [6, 6.07) is 0. The molecular formula is C11H20N4O2. The molecule has 1 rings (SSSR count). The monoisotopic (exact) mass is 240 g/mol. The Morgan fingerprint density at radius 2 is 2.18 bits per heavy atom. The Morgan fingerprint density at radius 3 is 2.71 bits per heavy atom. The van der Waals surface area contributed by atoms with Crippen LogP contribution in [0.4, 0.5) is 0 Å². The molecule has 0 spiro atoms. The molecule has 1 aromatic heterocycles. The van der Waals surface area contributed by atoms with Crippen molar-refractivity contribution in [3.05, 3.63) is 5.82 Å². The van der Waals surface area contributed by atoms with Crippen molar-refractivity contribution in [2.75, 3.05) is 0 Å². The van der Waals surface area contributed by atoms with Gasteiger partial charge in [-0.25, -0.2) is 4.68 Å². The first-order chi connectivity index (χ1) is 7.86. The summed E-state index contributed by atoms with van der Waals surface area (Å²) in [6.45, 7) is 7.87. The molecule has 6 heteroatoms. The minimum absolute atomic E-state index is 0.293. The van der Waals surface area contributed by atoms with Crippen LogP contribution in [0.1, 0.15) is 39.9 Å². The first kappa shape index (κ1) is 13.6. The number of carbonyl (C=O) groups is 1. The van der Waals surface area contributed by atoms with Gasteiger partial charge in [0, 0.05) is 6.42 Å². The molecule has 1 N–H and O–H groups in total. The molecule has 0 aliphatic carbocycles. The van der Waals surface area contributed by atoms with Gasteiger partial charge in [0.1, 0.15) is 0 Å². The average Bonchev–Trinajstić information content (AvgIpc) is 2.64. The van der Waals surface area contributed by atoms with Crippen molar-refractivity contribution < 1.29 is 9.90 Å². The summed E-state index contributed by atoms with van der Waals surface area (Å²) in [6.07, 6.45) is 1.83. The van der Waals surface area contributed by atoms with Gasteiger partial charge >= 0.3 is 5.97 Å². The molecule has 0 saturated carbocycles. The zero-order valence-corrected chi connectivity index (χ0v) is 10.8. The number of aromatic nitrogens is 4. The highest BCUT2D eigenvalue weighted by Gasteiger charge is 2.29. The van der Waals surface area contributed by atoms with Gasteiger partial charge < -0.3 is 5.11 Å². The van der Waals surface area contributed by atoms with Crippen molar-refractivity contribution in [2.24, 2.45) is 11.3 Å². The van der Waals surface area contributed by atoms with Crippen molar-refractivity contribution in [2.45, 2.75) is 47.1 Å². The van der Waals surface area contributed by atoms with E-state index in [2.05, 4.69) is 29.4 Å². The Hall–Kier alpha value is -1.46. The smallest absolute Gasteiger partial charge is 0.310 e. The van der Waals surface area contributed by atoms with E-state index in [1.165, 1.54) is 0 Å². The van der Waals surface area contributed by atoms with Crippen molar-refractivity contribution >= 4 is 5.97 Å². The predicted octanol–water partition coefficient (Wildman–Crippen LogP) is 1.37. The molecule has 0 fully saturated rings. The molecule has 0 aliphatic heterocycles. The van der Waals surface area contributed by atoms with Crippen LogP contribution in [0.15, 0.2) is 0 Å². The van der Waals surface area contributed by atoms with Gasteiger partial charge in [-0.15, -0.1) is 5.10 Å². The highest BCUT2D eigenvalue weighted by Crippen LogP contribution is 2.19. The molecule has 0 aromatic carbocycles. The van der Waals surface area contributed by atoms with Crippen LogP contribution in [0.3, 0.4) is 0 Å². The first-order valence-electron chi connectivity index (χ1n) is 5.85. The van der Waals surface area contributed by atoms with Gasteiger partial charge in [-0.2, -0.15) is 0 Å². The van der Waals surface area contributed by atoms with E-state index in [1.807, 2.05) is 0 Å². The highest BCUT2D eigenvalue weighted by atomic mass is 16.4. The first-order valence-corrected chi connectivity index (χ1v) is 5.85. The van der Waals surface area contributed by atoms with E-state index in [0.29, 0.717) is 12.5 Å². The molecule has 0 amide bonds. The molecule has 0 radical (unpaired) electrons. The summed E-state index contributed by atoms with van der Waals surface area (Å²) in [5.41, 5.74) is -0.862. The standard InChI is InChI=1S/C11H20N4O2/c1-5-8(2)6-9-12-13-14-15(9)7-11(3,4)10(16)17/h8H,5-7H2,1-4H3,(H,16,17). The van der Waals surface area contributed by atoms with E-state index < -0.39 is 11.4 Å². The number of hydrogen-bond acceptors (Lipinski definition) is 4. The van der Waals surface area contributed by atoms with Crippen LogP contribution < -0.4 is 0 Å². The molecule has 96 valence electrons. The van der Waals surface area contributed by atoms with Crippen LogP contribution in [0.25, 0.3) is 0 Å². The minimum Gasteiger partial charge on any atom is -0.481 e. The van der Waals surface area contributed by atoms with Crippen molar-refractivity contribution in [3.63, 3.8) is 0 Å². The second-order valence-electron chi connectivity index (χ2n) is 5.16. The van der Waals surface area contributed by atoms with Gasteiger partial charge in [0.25, 0.3) is 0 Å². The molecule has 0 aliphatic rings. The van der Waals surface area contributed by atoms with Gasteiger partial charge in [-0.05, 0) is 30.2 Å². The number of tetrazole rings is 1.